The zero-order valence-corrected chi connectivity index (χ0v) is 11.8. The van der Waals surface area contributed by atoms with E-state index in [9.17, 15) is 14.4 Å². The number of ether oxygens (including phenoxy) is 1. The summed E-state index contributed by atoms with van der Waals surface area (Å²) in [7, 11) is 0. The van der Waals surface area contributed by atoms with E-state index in [-0.39, 0.29) is 25.6 Å². The van der Waals surface area contributed by atoms with Crippen LogP contribution in [-0.4, -0.2) is 42.6 Å². The zero-order valence-electron chi connectivity index (χ0n) is 11.8. The van der Waals surface area contributed by atoms with Crippen LogP contribution in [0.1, 0.15) is 12.8 Å². The van der Waals surface area contributed by atoms with Gasteiger partial charge in [-0.05, 0) is 12.5 Å². The maximum Gasteiger partial charge on any atom is 0.365 e. The van der Waals surface area contributed by atoms with E-state index in [1.807, 2.05) is 0 Å². The third-order valence-corrected chi connectivity index (χ3v) is 1.69. The zero-order chi connectivity index (χ0) is 16.5. The summed E-state index contributed by atoms with van der Waals surface area (Å²) in [4.78, 5) is 39.6. The third kappa shape index (κ3) is 17.8. The number of rotatable bonds is 10. The van der Waals surface area contributed by atoms with E-state index in [4.69, 9.17) is 5.11 Å². The lowest BCUT2D eigenvalue weighted by molar-refractivity contribution is -0.270. The SMILES string of the molecule is C=CC(=O)CCCO.C=CC(=O)OCCOOC(=O)C=C. The van der Waals surface area contributed by atoms with Crippen molar-refractivity contribution in [3.05, 3.63) is 38.0 Å². The van der Waals surface area contributed by atoms with Crippen LogP contribution in [0.5, 0.6) is 0 Å². The summed E-state index contributed by atoms with van der Waals surface area (Å²) in [6, 6.07) is 0. The lowest BCUT2D eigenvalue weighted by Crippen LogP contribution is -2.10. The van der Waals surface area contributed by atoms with Crippen LogP contribution in [0.4, 0.5) is 0 Å². The predicted molar refractivity (Wildman–Crippen MR) is 74.9 cm³/mol. The fourth-order valence-corrected chi connectivity index (χ4v) is 0.724. The molecule has 0 aliphatic heterocycles. The molecule has 0 aliphatic carbocycles. The molecule has 118 valence electrons. The second-order valence-corrected chi connectivity index (χ2v) is 3.30. The Labute approximate surface area is 123 Å². The Morgan fingerprint density at radius 3 is 2.05 bits per heavy atom. The van der Waals surface area contributed by atoms with Crippen molar-refractivity contribution in [2.75, 3.05) is 19.8 Å². The molecule has 0 saturated carbocycles. The van der Waals surface area contributed by atoms with Crippen LogP contribution in [0.25, 0.3) is 0 Å². The maximum atomic E-state index is 10.4. The van der Waals surface area contributed by atoms with Gasteiger partial charge in [0.15, 0.2) is 5.78 Å². The Hall–Kier alpha value is -2.25. The highest BCUT2D eigenvalue weighted by Crippen LogP contribution is 1.88. The van der Waals surface area contributed by atoms with Crippen LogP contribution in [0.2, 0.25) is 0 Å². The molecule has 7 nitrogen and oxygen atoms in total. The molecule has 0 bridgehead atoms. The number of hydrogen-bond donors (Lipinski definition) is 1. The topological polar surface area (TPSA) is 99.1 Å². The van der Waals surface area contributed by atoms with E-state index in [1.165, 1.54) is 6.08 Å². The molecule has 21 heavy (non-hydrogen) atoms. The lowest BCUT2D eigenvalue weighted by Gasteiger charge is -2.01. The highest BCUT2D eigenvalue weighted by Gasteiger charge is 1.98. The summed E-state index contributed by atoms with van der Waals surface area (Å²) in [5.74, 6) is -1.26. The van der Waals surface area contributed by atoms with Gasteiger partial charge in [0.05, 0.1) is 0 Å². The summed E-state index contributed by atoms with van der Waals surface area (Å²) in [5, 5.41) is 8.22. The van der Waals surface area contributed by atoms with E-state index in [2.05, 4.69) is 34.2 Å². The predicted octanol–water partition coefficient (Wildman–Crippen LogP) is 0.890. The van der Waals surface area contributed by atoms with Crippen LogP contribution >= 0.6 is 0 Å². The molecule has 0 aromatic heterocycles. The van der Waals surface area contributed by atoms with Crippen LogP contribution in [0, 0.1) is 0 Å². The Morgan fingerprint density at radius 1 is 0.952 bits per heavy atom. The lowest BCUT2D eigenvalue weighted by atomic mass is 10.2. The number of esters is 1. The van der Waals surface area contributed by atoms with Gasteiger partial charge in [0.2, 0.25) is 0 Å². The fraction of sp³-hybridized carbons (Fsp3) is 0.357. The molecule has 0 aromatic carbocycles. The number of carbonyl (C=O) groups excluding carboxylic acids is 3. The Bertz CT molecular complexity index is 338. The van der Waals surface area contributed by atoms with Gasteiger partial charge in [-0.3, -0.25) is 9.68 Å². The van der Waals surface area contributed by atoms with Gasteiger partial charge in [-0.15, -0.1) is 0 Å². The van der Waals surface area contributed by atoms with Crippen molar-refractivity contribution in [2.24, 2.45) is 0 Å². The van der Waals surface area contributed by atoms with Gasteiger partial charge in [-0.25, -0.2) is 9.59 Å². The molecule has 0 saturated heterocycles. The number of hydrogen-bond acceptors (Lipinski definition) is 7. The minimum Gasteiger partial charge on any atom is -0.460 e. The average molecular weight is 300 g/mol. The summed E-state index contributed by atoms with van der Waals surface area (Å²) in [5.41, 5.74) is 0. The molecule has 0 aromatic rings. The largest absolute Gasteiger partial charge is 0.460 e. The molecule has 0 atom stereocenters. The first-order valence-electron chi connectivity index (χ1n) is 6.03. The summed E-state index contributed by atoms with van der Waals surface area (Å²) >= 11 is 0. The Kier molecular flexibility index (Phi) is 15.8. The molecule has 0 radical (unpaired) electrons. The minimum absolute atomic E-state index is 0.000880. The van der Waals surface area contributed by atoms with Crippen LogP contribution < -0.4 is 0 Å². The van der Waals surface area contributed by atoms with E-state index < -0.39 is 11.9 Å². The monoisotopic (exact) mass is 300 g/mol. The van der Waals surface area contributed by atoms with E-state index in [1.54, 1.807) is 0 Å². The molecule has 7 heteroatoms. The normalized spacial score (nSPS) is 8.62. The minimum atomic E-state index is -0.699. The van der Waals surface area contributed by atoms with Gasteiger partial charge in [0, 0.05) is 25.2 Å². The van der Waals surface area contributed by atoms with Gasteiger partial charge in [-0.2, -0.15) is 4.89 Å². The molecular formula is C14H20O7. The summed E-state index contributed by atoms with van der Waals surface area (Å²) in [6.07, 6.45) is 4.21. The molecular weight excluding hydrogens is 280 g/mol. The number of carbonyl (C=O) groups is 3. The van der Waals surface area contributed by atoms with Gasteiger partial charge >= 0.3 is 11.9 Å². The fourth-order valence-electron chi connectivity index (χ4n) is 0.724. The third-order valence-electron chi connectivity index (χ3n) is 1.69. The molecule has 0 rings (SSSR count). The van der Waals surface area contributed by atoms with E-state index in [0.717, 1.165) is 12.2 Å². The van der Waals surface area contributed by atoms with Crippen molar-refractivity contribution >= 4 is 17.7 Å². The van der Waals surface area contributed by atoms with Crippen molar-refractivity contribution in [3.8, 4) is 0 Å². The van der Waals surface area contributed by atoms with Gasteiger partial charge in [-0.1, -0.05) is 19.7 Å². The van der Waals surface area contributed by atoms with Crippen molar-refractivity contribution in [1.29, 1.82) is 0 Å². The molecule has 0 aliphatic rings. The molecule has 0 amide bonds. The highest BCUT2D eigenvalue weighted by atomic mass is 17.2. The van der Waals surface area contributed by atoms with Crippen LogP contribution in [0.3, 0.4) is 0 Å². The van der Waals surface area contributed by atoms with Crippen molar-refractivity contribution in [3.63, 3.8) is 0 Å². The average Bonchev–Trinajstić information content (AvgIpc) is 2.52. The van der Waals surface area contributed by atoms with Crippen molar-refractivity contribution in [2.45, 2.75) is 12.8 Å². The van der Waals surface area contributed by atoms with Gasteiger partial charge in [0.25, 0.3) is 0 Å². The first kappa shape index (κ1) is 21.1. The number of ketones is 1. The highest BCUT2D eigenvalue weighted by molar-refractivity contribution is 5.88. The molecule has 0 fully saturated rings. The molecule has 0 spiro atoms. The summed E-state index contributed by atoms with van der Waals surface area (Å²) < 4.78 is 4.51. The quantitative estimate of drug-likeness (QED) is 0.210. The first-order valence-corrected chi connectivity index (χ1v) is 6.03. The first-order chi connectivity index (χ1) is 10.0. The second-order valence-electron chi connectivity index (χ2n) is 3.30. The van der Waals surface area contributed by atoms with Gasteiger partial charge < -0.3 is 9.84 Å². The molecule has 1 N–H and O–H groups in total. The second kappa shape index (κ2) is 15.8. The van der Waals surface area contributed by atoms with Crippen LogP contribution in [0.15, 0.2) is 38.0 Å². The number of aliphatic hydroxyl groups is 1. The number of aliphatic hydroxyl groups excluding tert-OH is 1. The summed E-state index contributed by atoms with van der Waals surface area (Å²) in [6.45, 7) is 9.67. The molecule has 0 unspecified atom stereocenters. The standard InChI is InChI=1S/C8H10O5.C6H10O2/c1-3-7(9)11-5-6-12-13-8(10)4-2;1-2-6(8)4-3-5-7/h3-4H,1-2,5-6H2;2,7H,1,3-5H2. The van der Waals surface area contributed by atoms with Crippen LogP contribution in [-0.2, 0) is 28.9 Å². The maximum absolute atomic E-state index is 10.4. The molecule has 0 heterocycles. The van der Waals surface area contributed by atoms with Crippen molar-refractivity contribution < 1.29 is 34.0 Å². The van der Waals surface area contributed by atoms with Gasteiger partial charge in [0.1, 0.15) is 13.2 Å². The van der Waals surface area contributed by atoms with E-state index >= 15 is 0 Å². The van der Waals surface area contributed by atoms with Crippen molar-refractivity contribution in [1.82, 2.24) is 0 Å². The Balaban J connectivity index is 0. The number of allylic oxidation sites excluding steroid dienone is 1. The smallest absolute Gasteiger partial charge is 0.365 e. The Morgan fingerprint density at radius 2 is 1.57 bits per heavy atom. The van der Waals surface area contributed by atoms with E-state index in [0.29, 0.717) is 12.8 Å².